The van der Waals surface area contributed by atoms with Crippen LogP contribution in [0.4, 0.5) is 0 Å². The van der Waals surface area contributed by atoms with Gasteiger partial charge in [0, 0.05) is 18.4 Å². The summed E-state index contributed by atoms with van der Waals surface area (Å²) >= 11 is 18.7. The fourth-order valence-corrected chi connectivity index (χ4v) is 9.84. The molecule has 0 aromatic heterocycles. The first-order chi connectivity index (χ1) is 35.0. The van der Waals surface area contributed by atoms with Crippen molar-refractivity contribution in [1.82, 2.24) is 0 Å². The predicted molar refractivity (Wildman–Crippen MR) is 261 cm³/mol. The molecule has 5 fully saturated rings. The highest BCUT2D eigenvalue weighted by atomic mass is 35.5. The summed E-state index contributed by atoms with van der Waals surface area (Å²) < 4.78 is 68.3. The van der Waals surface area contributed by atoms with Crippen molar-refractivity contribution < 1.29 is 77.0 Å². The molecular weight excluding hydrogens is 999 g/mol. The van der Waals surface area contributed by atoms with E-state index in [0.29, 0.717) is 0 Å². The van der Waals surface area contributed by atoms with Crippen molar-refractivity contribution in [3.05, 3.63) is 144 Å². The number of benzene rings is 4. The smallest absolute Gasteiger partial charge is 0.305 e. The van der Waals surface area contributed by atoms with Crippen molar-refractivity contribution in [3.8, 4) is 0 Å². The van der Waals surface area contributed by atoms with Gasteiger partial charge in [0.05, 0.1) is 50.2 Å². The highest BCUT2D eigenvalue weighted by Gasteiger charge is 2.64. The van der Waals surface area contributed by atoms with Crippen molar-refractivity contribution in [2.45, 2.75) is 130 Å². The van der Waals surface area contributed by atoms with E-state index in [9.17, 15) is 24.9 Å². The average molecular weight is 1060 g/mol. The van der Waals surface area contributed by atoms with Crippen LogP contribution in [0.3, 0.4) is 0 Å². The van der Waals surface area contributed by atoms with Crippen molar-refractivity contribution >= 4 is 46.7 Å². The van der Waals surface area contributed by atoms with Crippen LogP contribution in [0.25, 0.3) is 0 Å². The molecular formula is C53H61Cl3O16. The highest BCUT2D eigenvalue weighted by Crippen LogP contribution is 2.45. The van der Waals surface area contributed by atoms with Crippen LogP contribution in [0.5, 0.6) is 0 Å². The Morgan fingerprint density at radius 3 is 1.89 bits per heavy atom. The number of ether oxygens (including phenoxy) is 11. The lowest BCUT2D eigenvalue weighted by Crippen LogP contribution is -2.73. The molecule has 5 heterocycles. The van der Waals surface area contributed by atoms with Crippen LogP contribution in [0.1, 0.15) is 54.2 Å². The van der Waals surface area contributed by atoms with Crippen LogP contribution in [0, 0.1) is 0 Å². The lowest BCUT2D eigenvalue weighted by molar-refractivity contribution is -0.411. The summed E-state index contributed by atoms with van der Waals surface area (Å²) in [5.41, 5.74) is 2.03. The molecule has 0 amide bonds. The van der Waals surface area contributed by atoms with E-state index in [2.05, 4.69) is 0 Å². The number of hydrogen-bond acceptors (Lipinski definition) is 16. The molecule has 9 rings (SSSR count). The second-order valence-corrected chi connectivity index (χ2v) is 19.2. The SMILES string of the molecule is O=C(CCCCC(=O)OCC12COC(C(O)[C@H]1Cl)[C@@H](O[C@]1(CCl)O[C@H](CCl)C(O)[C@@H]1O)O2)OC[C@H](OCc1ccccc1)C(OCc1ccccc1)C1O[C@H](c2ccccc2)OC[C@@H]1OCc1ccccc1. The minimum atomic E-state index is -1.95. The number of carbonyl (C=O) groups is 2. The maximum Gasteiger partial charge on any atom is 0.305 e. The van der Waals surface area contributed by atoms with Crippen molar-refractivity contribution in [2.24, 2.45) is 0 Å². The number of unbranched alkanes of at least 4 members (excludes halogenated alkanes) is 1. The Morgan fingerprint density at radius 2 is 1.29 bits per heavy atom. The van der Waals surface area contributed by atoms with Gasteiger partial charge in [-0.25, -0.2) is 0 Å². The van der Waals surface area contributed by atoms with Gasteiger partial charge in [-0.05, 0) is 29.5 Å². The number of halogens is 3. The van der Waals surface area contributed by atoms with Gasteiger partial charge in [0.1, 0.15) is 73.8 Å². The number of hydrogen-bond donors (Lipinski definition) is 3. The molecule has 390 valence electrons. The van der Waals surface area contributed by atoms with Crippen molar-refractivity contribution in [1.29, 1.82) is 0 Å². The Labute approximate surface area is 433 Å². The summed E-state index contributed by atoms with van der Waals surface area (Å²) in [6.45, 7) is 0.0602. The topological polar surface area (TPSA) is 196 Å². The van der Waals surface area contributed by atoms with Gasteiger partial charge in [0.25, 0.3) is 0 Å². The lowest BCUT2D eigenvalue weighted by atomic mass is 9.87. The fourth-order valence-electron chi connectivity index (χ4n) is 8.99. The monoisotopic (exact) mass is 1060 g/mol. The zero-order valence-corrected chi connectivity index (χ0v) is 41.7. The van der Waals surface area contributed by atoms with Crippen LogP contribution in [-0.4, -0.2) is 143 Å². The Bertz CT molecular complexity index is 2270. The maximum atomic E-state index is 13.5. The molecule has 0 spiro atoms. The van der Waals surface area contributed by atoms with E-state index in [1.54, 1.807) is 0 Å². The molecule has 0 saturated carbocycles. The molecule has 14 atom stereocenters. The number of fused-ring (bicyclic) bond motifs is 3. The molecule has 0 aliphatic carbocycles. The molecule has 0 radical (unpaired) electrons. The van der Waals surface area contributed by atoms with E-state index >= 15 is 0 Å². The first-order valence-corrected chi connectivity index (χ1v) is 25.6. The highest BCUT2D eigenvalue weighted by molar-refractivity contribution is 6.22. The minimum Gasteiger partial charge on any atom is -0.463 e. The van der Waals surface area contributed by atoms with Gasteiger partial charge in [-0.3, -0.25) is 9.59 Å². The zero-order valence-electron chi connectivity index (χ0n) is 39.5. The fraction of sp³-hybridized carbons (Fsp3) is 0.509. The third kappa shape index (κ3) is 13.5. The standard InChI is InChI=1S/C53H61Cl3O16/c54-25-38-43(59)49(61)53(31-55,70-38)72-51-47-44(60)48(56)52(71-51,33-68-47)32-67-42(58)24-14-13-23-41(57)64-29-39(62-26-34-15-5-1-6-16-34)45(65-28-36-19-9-3-10-20-36)46-40(63-27-35-17-7-2-8-18-35)30-66-50(69-46)37-21-11-4-12-22-37/h1-12,15-22,38-40,43-51,59-61H,13-14,23-33H2/t38-,39+,40+,43?,44?,45?,46?,47?,48-,49+,50-,51-,52?,53+/m1/s1. The van der Waals surface area contributed by atoms with Gasteiger partial charge in [-0.15, -0.1) is 34.8 Å². The number of alkyl halides is 3. The van der Waals surface area contributed by atoms with Crippen LogP contribution >= 0.6 is 34.8 Å². The normalized spacial score (nSPS) is 30.9. The van der Waals surface area contributed by atoms with Crippen molar-refractivity contribution in [3.63, 3.8) is 0 Å². The first-order valence-electron chi connectivity index (χ1n) is 24.1. The molecule has 16 nitrogen and oxygen atoms in total. The molecule has 4 aromatic carbocycles. The molecule has 2 bridgehead atoms. The third-order valence-electron chi connectivity index (χ3n) is 13.1. The van der Waals surface area contributed by atoms with E-state index in [1.807, 2.05) is 121 Å². The summed E-state index contributed by atoms with van der Waals surface area (Å²) in [7, 11) is 0. The molecule has 19 heteroatoms. The van der Waals surface area contributed by atoms with Gasteiger partial charge < -0.3 is 67.4 Å². The molecule has 5 aliphatic heterocycles. The average Bonchev–Trinajstić information content (AvgIpc) is 3.66. The van der Waals surface area contributed by atoms with Crippen LogP contribution < -0.4 is 0 Å². The van der Waals surface area contributed by atoms with Crippen molar-refractivity contribution in [2.75, 3.05) is 38.2 Å². The Hall–Kier alpha value is -3.79. The molecule has 3 N–H and O–H groups in total. The number of esters is 2. The minimum absolute atomic E-state index is 0.0202. The first kappa shape index (κ1) is 54.5. The van der Waals surface area contributed by atoms with E-state index in [4.69, 9.17) is 86.9 Å². The van der Waals surface area contributed by atoms with Crippen LogP contribution in [-0.2, 0) is 81.5 Å². The van der Waals surface area contributed by atoms with Gasteiger partial charge >= 0.3 is 11.9 Å². The number of rotatable bonds is 25. The maximum absolute atomic E-state index is 13.5. The van der Waals surface area contributed by atoms with E-state index in [0.717, 1.165) is 22.3 Å². The predicted octanol–water partition coefficient (Wildman–Crippen LogP) is 6.28. The third-order valence-corrected chi connectivity index (χ3v) is 14.4. The van der Waals surface area contributed by atoms with E-state index in [1.165, 1.54) is 0 Å². The molecule has 5 aliphatic rings. The summed E-state index contributed by atoms with van der Waals surface area (Å²) in [6, 6.07) is 38.7. The van der Waals surface area contributed by atoms with Gasteiger partial charge in [0.2, 0.25) is 5.79 Å². The molecule has 5 saturated heterocycles. The summed E-state index contributed by atoms with van der Waals surface area (Å²) in [5, 5.41) is 31.2. The Kier molecular flexibility index (Phi) is 19.8. The molecule has 72 heavy (non-hydrogen) atoms. The second-order valence-electron chi connectivity index (χ2n) is 18.2. The number of aliphatic hydroxyl groups is 3. The molecule has 4 aromatic rings. The van der Waals surface area contributed by atoms with Crippen LogP contribution in [0.15, 0.2) is 121 Å². The Morgan fingerprint density at radius 1 is 0.708 bits per heavy atom. The Balaban J connectivity index is 0.900. The largest absolute Gasteiger partial charge is 0.463 e. The second kappa shape index (κ2) is 26.1. The summed E-state index contributed by atoms with van der Waals surface area (Å²) in [6.07, 6.45) is -11.2. The van der Waals surface area contributed by atoms with E-state index < -0.39 is 109 Å². The van der Waals surface area contributed by atoms with E-state index in [-0.39, 0.29) is 71.2 Å². The lowest BCUT2D eigenvalue weighted by Gasteiger charge is -2.55. The number of aliphatic hydroxyl groups excluding tert-OH is 3. The number of carbonyl (C=O) groups excluding carboxylic acids is 2. The van der Waals surface area contributed by atoms with Crippen LogP contribution in [0.2, 0.25) is 0 Å². The van der Waals surface area contributed by atoms with Gasteiger partial charge in [-0.2, -0.15) is 0 Å². The zero-order chi connectivity index (χ0) is 50.5. The van der Waals surface area contributed by atoms with Gasteiger partial charge in [0.15, 0.2) is 12.6 Å². The summed E-state index contributed by atoms with van der Waals surface area (Å²) in [4.78, 5) is 26.6. The summed E-state index contributed by atoms with van der Waals surface area (Å²) in [5.74, 6) is -3.68. The quantitative estimate of drug-likeness (QED) is 0.0381. The molecule has 6 unspecified atom stereocenters. The van der Waals surface area contributed by atoms with Gasteiger partial charge in [-0.1, -0.05) is 121 Å².